The fourth-order valence-corrected chi connectivity index (χ4v) is 2.17. The second-order valence-corrected chi connectivity index (χ2v) is 4.68. The van der Waals surface area contributed by atoms with Gasteiger partial charge in [0, 0.05) is 16.8 Å². The molecule has 0 aromatic heterocycles. The lowest BCUT2D eigenvalue weighted by Gasteiger charge is -2.15. The summed E-state index contributed by atoms with van der Waals surface area (Å²) in [5, 5.41) is 0. The third-order valence-electron chi connectivity index (χ3n) is 3.38. The average Bonchev–Trinajstić information content (AvgIpc) is 2.35. The maximum absolute atomic E-state index is 6.08. The molecule has 0 saturated carbocycles. The molecule has 94 valence electrons. The number of hydrogen-bond acceptors (Lipinski definition) is 2. The Hall–Kier alpha value is -1.96. The molecule has 2 aromatic carbocycles. The molecule has 2 N–H and O–H groups in total. The summed E-state index contributed by atoms with van der Waals surface area (Å²) in [7, 11) is 1.71. The Morgan fingerprint density at radius 3 is 2.33 bits per heavy atom. The molecular formula is C16H19NO. The number of hydrogen-bond donors (Lipinski definition) is 1. The Balaban J connectivity index is 2.71. The Kier molecular flexibility index (Phi) is 3.28. The van der Waals surface area contributed by atoms with E-state index in [9.17, 15) is 0 Å². The number of aryl methyl sites for hydroxylation is 2. The van der Waals surface area contributed by atoms with Gasteiger partial charge in [-0.3, -0.25) is 0 Å². The smallest absolute Gasteiger partial charge is 0.129 e. The van der Waals surface area contributed by atoms with Crippen LogP contribution in [0.25, 0.3) is 11.1 Å². The summed E-state index contributed by atoms with van der Waals surface area (Å²) in [6.07, 6.45) is 0. The van der Waals surface area contributed by atoms with Crippen molar-refractivity contribution in [2.24, 2.45) is 0 Å². The Labute approximate surface area is 108 Å². The van der Waals surface area contributed by atoms with Crippen LogP contribution >= 0.6 is 0 Å². The topological polar surface area (TPSA) is 35.2 Å². The van der Waals surface area contributed by atoms with E-state index in [1.165, 1.54) is 11.1 Å². The zero-order valence-electron chi connectivity index (χ0n) is 11.4. The SMILES string of the molecule is COc1c(-c2cc(C)ccc2N)ccc(C)c1C. The highest BCUT2D eigenvalue weighted by atomic mass is 16.5. The zero-order valence-corrected chi connectivity index (χ0v) is 11.4. The number of ether oxygens (including phenoxy) is 1. The van der Waals surface area contributed by atoms with Crippen molar-refractivity contribution < 1.29 is 4.74 Å². The van der Waals surface area contributed by atoms with Gasteiger partial charge in [0.1, 0.15) is 5.75 Å². The Bertz CT molecular complexity index is 588. The predicted molar refractivity (Wildman–Crippen MR) is 77.1 cm³/mol. The predicted octanol–water partition coefficient (Wildman–Crippen LogP) is 3.87. The number of nitrogens with two attached hydrogens (primary N) is 1. The molecule has 0 bridgehead atoms. The van der Waals surface area contributed by atoms with Crippen LogP contribution in [0.2, 0.25) is 0 Å². The maximum atomic E-state index is 6.08. The third-order valence-corrected chi connectivity index (χ3v) is 3.38. The summed E-state index contributed by atoms with van der Waals surface area (Å²) >= 11 is 0. The van der Waals surface area contributed by atoms with Crippen molar-refractivity contribution in [3.63, 3.8) is 0 Å². The number of methoxy groups -OCH3 is 1. The van der Waals surface area contributed by atoms with Crippen molar-refractivity contribution in [2.45, 2.75) is 20.8 Å². The van der Waals surface area contributed by atoms with E-state index in [0.29, 0.717) is 0 Å². The first kappa shape index (κ1) is 12.5. The van der Waals surface area contributed by atoms with Crippen LogP contribution in [-0.4, -0.2) is 7.11 Å². The van der Waals surface area contributed by atoms with Gasteiger partial charge in [-0.05, 0) is 44.0 Å². The van der Waals surface area contributed by atoms with E-state index in [0.717, 1.165) is 28.1 Å². The number of benzene rings is 2. The molecule has 0 saturated heterocycles. The van der Waals surface area contributed by atoms with Gasteiger partial charge >= 0.3 is 0 Å². The van der Waals surface area contributed by atoms with Crippen molar-refractivity contribution in [3.8, 4) is 16.9 Å². The normalized spacial score (nSPS) is 10.4. The van der Waals surface area contributed by atoms with E-state index in [2.05, 4.69) is 39.0 Å². The molecule has 0 radical (unpaired) electrons. The summed E-state index contributed by atoms with van der Waals surface area (Å²) in [4.78, 5) is 0. The monoisotopic (exact) mass is 241 g/mol. The van der Waals surface area contributed by atoms with Crippen molar-refractivity contribution in [3.05, 3.63) is 47.0 Å². The molecule has 0 heterocycles. The van der Waals surface area contributed by atoms with E-state index in [1.807, 2.05) is 12.1 Å². The minimum atomic E-state index is 0.780. The fraction of sp³-hybridized carbons (Fsp3) is 0.250. The van der Waals surface area contributed by atoms with E-state index >= 15 is 0 Å². The van der Waals surface area contributed by atoms with Gasteiger partial charge in [-0.15, -0.1) is 0 Å². The van der Waals surface area contributed by atoms with Crippen LogP contribution in [0, 0.1) is 20.8 Å². The second-order valence-electron chi connectivity index (χ2n) is 4.68. The zero-order chi connectivity index (χ0) is 13.3. The number of nitrogen functional groups attached to an aromatic ring is 1. The molecule has 0 fully saturated rings. The largest absolute Gasteiger partial charge is 0.496 e. The molecule has 2 aromatic rings. The van der Waals surface area contributed by atoms with Gasteiger partial charge in [0.25, 0.3) is 0 Å². The maximum Gasteiger partial charge on any atom is 0.129 e. The van der Waals surface area contributed by atoms with Crippen molar-refractivity contribution >= 4 is 5.69 Å². The molecule has 0 amide bonds. The molecule has 2 rings (SSSR count). The Morgan fingerprint density at radius 1 is 0.944 bits per heavy atom. The first-order valence-electron chi connectivity index (χ1n) is 6.05. The fourth-order valence-electron chi connectivity index (χ4n) is 2.17. The molecule has 0 unspecified atom stereocenters. The highest BCUT2D eigenvalue weighted by Crippen LogP contribution is 2.37. The highest BCUT2D eigenvalue weighted by molar-refractivity contribution is 5.82. The van der Waals surface area contributed by atoms with Gasteiger partial charge in [-0.1, -0.05) is 23.8 Å². The lowest BCUT2D eigenvalue weighted by atomic mass is 9.96. The van der Waals surface area contributed by atoms with Crippen molar-refractivity contribution in [1.29, 1.82) is 0 Å². The standard InChI is InChI=1S/C16H19NO/c1-10-5-8-15(17)14(9-10)13-7-6-11(2)12(3)16(13)18-4/h5-9H,17H2,1-4H3. The first-order chi connectivity index (χ1) is 8.54. The van der Waals surface area contributed by atoms with Crippen LogP contribution < -0.4 is 10.5 Å². The van der Waals surface area contributed by atoms with Crippen LogP contribution in [0.15, 0.2) is 30.3 Å². The first-order valence-corrected chi connectivity index (χ1v) is 6.05. The lowest BCUT2D eigenvalue weighted by molar-refractivity contribution is 0.413. The number of rotatable bonds is 2. The van der Waals surface area contributed by atoms with E-state index in [-0.39, 0.29) is 0 Å². The minimum absolute atomic E-state index is 0.780. The van der Waals surface area contributed by atoms with Gasteiger partial charge in [-0.2, -0.15) is 0 Å². The van der Waals surface area contributed by atoms with E-state index in [4.69, 9.17) is 10.5 Å². The highest BCUT2D eigenvalue weighted by Gasteiger charge is 2.12. The molecule has 0 atom stereocenters. The summed E-state index contributed by atoms with van der Waals surface area (Å²) in [5.74, 6) is 0.910. The van der Waals surface area contributed by atoms with Gasteiger partial charge in [0.05, 0.1) is 7.11 Å². The third kappa shape index (κ3) is 2.06. The summed E-state index contributed by atoms with van der Waals surface area (Å²) in [5.41, 5.74) is 12.5. The van der Waals surface area contributed by atoms with Gasteiger partial charge < -0.3 is 10.5 Å². The molecule has 0 aliphatic heterocycles. The lowest BCUT2D eigenvalue weighted by Crippen LogP contribution is -1.97. The van der Waals surface area contributed by atoms with Crippen LogP contribution in [0.3, 0.4) is 0 Å². The summed E-state index contributed by atoms with van der Waals surface area (Å²) in [6, 6.07) is 10.2. The molecule has 2 nitrogen and oxygen atoms in total. The quantitative estimate of drug-likeness (QED) is 0.810. The average molecular weight is 241 g/mol. The number of anilines is 1. The molecule has 2 heteroatoms. The van der Waals surface area contributed by atoms with Gasteiger partial charge in [0.15, 0.2) is 0 Å². The minimum Gasteiger partial charge on any atom is -0.496 e. The van der Waals surface area contributed by atoms with E-state index < -0.39 is 0 Å². The van der Waals surface area contributed by atoms with Gasteiger partial charge in [-0.25, -0.2) is 0 Å². The van der Waals surface area contributed by atoms with Crippen molar-refractivity contribution in [1.82, 2.24) is 0 Å². The van der Waals surface area contributed by atoms with Gasteiger partial charge in [0.2, 0.25) is 0 Å². The molecule has 0 aliphatic carbocycles. The Morgan fingerprint density at radius 2 is 1.67 bits per heavy atom. The van der Waals surface area contributed by atoms with E-state index in [1.54, 1.807) is 7.11 Å². The van der Waals surface area contributed by atoms with Crippen LogP contribution in [0.1, 0.15) is 16.7 Å². The summed E-state index contributed by atoms with van der Waals surface area (Å²) in [6.45, 7) is 6.22. The molecule has 18 heavy (non-hydrogen) atoms. The molecule has 0 spiro atoms. The van der Waals surface area contributed by atoms with Crippen LogP contribution in [0.4, 0.5) is 5.69 Å². The van der Waals surface area contributed by atoms with Crippen LogP contribution in [-0.2, 0) is 0 Å². The summed E-state index contributed by atoms with van der Waals surface area (Å²) < 4.78 is 5.55. The molecule has 0 aliphatic rings. The molecular weight excluding hydrogens is 222 g/mol. The van der Waals surface area contributed by atoms with Crippen LogP contribution in [0.5, 0.6) is 5.75 Å². The second kappa shape index (κ2) is 4.73. The van der Waals surface area contributed by atoms with Crippen molar-refractivity contribution in [2.75, 3.05) is 12.8 Å².